The van der Waals surface area contributed by atoms with Crippen LogP contribution in [0, 0.1) is 0 Å². The zero-order chi connectivity index (χ0) is 19.6. The number of carbonyl (C=O) groups excluding carboxylic acids is 3. The summed E-state index contributed by atoms with van der Waals surface area (Å²) in [6.07, 6.45) is 2.19. The molecule has 27 heavy (non-hydrogen) atoms. The first-order valence-corrected chi connectivity index (χ1v) is 9.55. The highest BCUT2D eigenvalue weighted by atomic mass is 16.5. The van der Waals surface area contributed by atoms with Crippen molar-refractivity contribution in [3.8, 4) is 0 Å². The minimum atomic E-state index is -0.575. The van der Waals surface area contributed by atoms with Gasteiger partial charge in [-0.05, 0) is 19.8 Å². The summed E-state index contributed by atoms with van der Waals surface area (Å²) in [5.74, 6) is 1.02. The molecule has 0 unspecified atom stereocenters. The molecule has 1 aromatic rings. The van der Waals surface area contributed by atoms with Crippen molar-refractivity contribution in [2.75, 3.05) is 26.2 Å². The Bertz CT molecular complexity index is 716. The van der Waals surface area contributed by atoms with Gasteiger partial charge in [-0.3, -0.25) is 14.4 Å². The smallest absolute Gasteiger partial charge is 0.246 e. The molecular formula is C18H27N5O4. The van der Waals surface area contributed by atoms with E-state index in [9.17, 15) is 14.4 Å². The number of piperazine rings is 1. The summed E-state index contributed by atoms with van der Waals surface area (Å²) in [5.41, 5.74) is 0. The molecule has 2 aliphatic heterocycles. The lowest BCUT2D eigenvalue weighted by atomic mass is 10.1. The molecule has 0 aromatic carbocycles. The van der Waals surface area contributed by atoms with Crippen LogP contribution in [0.15, 0.2) is 4.52 Å². The van der Waals surface area contributed by atoms with E-state index in [4.69, 9.17) is 4.52 Å². The van der Waals surface area contributed by atoms with Gasteiger partial charge in [-0.25, -0.2) is 0 Å². The molecule has 2 saturated heterocycles. The molecule has 0 spiro atoms. The second kappa shape index (κ2) is 8.06. The number of nitrogens with zero attached hydrogens (tertiary/aromatic N) is 5. The first-order valence-electron chi connectivity index (χ1n) is 9.55. The maximum absolute atomic E-state index is 12.7. The summed E-state index contributed by atoms with van der Waals surface area (Å²) in [6, 6.07) is -0.575. The molecule has 0 bridgehead atoms. The molecule has 9 nitrogen and oxygen atoms in total. The zero-order valence-corrected chi connectivity index (χ0v) is 16.2. The average molecular weight is 377 g/mol. The third kappa shape index (κ3) is 4.28. The summed E-state index contributed by atoms with van der Waals surface area (Å²) >= 11 is 0. The fraction of sp³-hybridized carbons (Fsp3) is 0.722. The Morgan fingerprint density at radius 2 is 1.89 bits per heavy atom. The second-order valence-electron chi connectivity index (χ2n) is 7.50. The lowest BCUT2D eigenvalue weighted by Gasteiger charge is -2.38. The number of hydrogen-bond acceptors (Lipinski definition) is 6. The number of amides is 3. The van der Waals surface area contributed by atoms with Gasteiger partial charge >= 0.3 is 0 Å². The van der Waals surface area contributed by atoms with Crippen molar-refractivity contribution >= 4 is 17.7 Å². The Balaban J connectivity index is 1.54. The molecule has 0 saturated carbocycles. The Kier molecular flexibility index (Phi) is 5.76. The third-order valence-corrected chi connectivity index (χ3v) is 5.12. The lowest BCUT2D eigenvalue weighted by Crippen LogP contribution is -2.58. The fourth-order valence-corrected chi connectivity index (χ4v) is 3.47. The van der Waals surface area contributed by atoms with E-state index in [-0.39, 0.29) is 36.7 Å². The Hall–Kier alpha value is -2.45. The molecule has 2 aliphatic rings. The maximum Gasteiger partial charge on any atom is 0.246 e. The minimum Gasteiger partial charge on any atom is -0.343 e. The van der Waals surface area contributed by atoms with E-state index in [1.165, 1.54) is 4.90 Å². The van der Waals surface area contributed by atoms with Crippen molar-refractivity contribution in [2.24, 2.45) is 0 Å². The van der Waals surface area contributed by atoms with Gasteiger partial charge in [0.1, 0.15) is 12.6 Å². The van der Waals surface area contributed by atoms with Crippen LogP contribution in [0.4, 0.5) is 0 Å². The number of rotatable bonds is 7. The summed E-state index contributed by atoms with van der Waals surface area (Å²) in [7, 11) is 0. The van der Waals surface area contributed by atoms with E-state index < -0.39 is 6.04 Å². The number of hydrogen-bond donors (Lipinski definition) is 0. The van der Waals surface area contributed by atoms with Crippen LogP contribution in [0.5, 0.6) is 0 Å². The van der Waals surface area contributed by atoms with Crippen molar-refractivity contribution < 1.29 is 18.9 Å². The number of carbonyl (C=O) groups is 3. The summed E-state index contributed by atoms with van der Waals surface area (Å²) in [5, 5.41) is 3.90. The van der Waals surface area contributed by atoms with Crippen molar-refractivity contribution in [1.82, 2.24) is 24.8 Å². The van der Waals surface area contributed by atoms with Crippen LogP contribution >= 0.6 is 0 Å². The Morgan fingerprint density at radius 3 is 2.52 bits per heavy atom. The molecule has 1 atom stereocenters. The molecule has 0 radical (unpaired) electrons. The summed E-state index contributed by atoms with van der Waals surface area (Å²) in [6.45, 7) is 7.72. The number of likely N-dealkylation sites (tertiary alicyclic amines) is 1. The van der Waals surface area contributed by atoms with Crippen molar-refractivity contribution in [1.29, 1.82) is 0 Å². The highest BCUT2D eigenvalue weighted by Gasteiger charge is 2.37. The van der Waals surface area contributed by atoms with E-state index in [2.05, 4.69) is 10.1 Å². The summed E-state index contributed by atoms with van der Waals surface area (Å²) < 4.78 is 5.20. The van der Waals surface area contributed by atoms with Crippen molar-refractivity contribution in [3.63, 3.8) is 0 Å². The molecule has 148 valence electrons. The van der Waals surface area contributed by atoms with Crippen molar-refractivity contribution in [3.05, 3.63) is 11.7 Å². The van der Waals surface area contributed by atoms with Crippen LogP contribution < -0.4 is 0 Å². The monoisotopic (exact) mass is 377 g/mol. The van der Waals surface area contributed by atoms with Gasteiger partial charge in [0, 0.05) is 32.0 Å². The van der Waals surface area contributed by atoms with Crippen LogP contribution in [-0.2, 0) is 20.9 Å². The molecule has 3 amide bonds. The molecule has 0 N–H and O–H groups in total. The predicted molar refractivity (Wildman–Crippen MR) is 95.4 cm³/mol. The van der Waals surface area contributed by atoms with Gasteiger partial charge in [0.25, 0.3) is 0 Å². The molecule has 3 rings (SSSR count). The van der Waals surface area contributed by atoms with E-state index in [0.29, 0.717) is 37.6 Å². The molecule has 2 fully saturated rings. The molecule has 3 heterocycles. The van der Waals surface area contributed by atoms with E-state index in [1.807, 2.05) is 18.7 Å². The fourth-order valence-electron chi connectivity index (χ4n) is 3.47. The van der Waals surface area contributed by atoms with Gasteiger partial charge in [0.2, 0.25) is 23.6 Å². The normalized spacial score (nSPS) is 21.1. The van der Waals surface area contributed by atoms with Crippen LogP contribution in [-0.4, -0.2) is 74.8 Å². The van der Waals surface area contributed by atoms with Crippen LogP contribution in [0.3, 0.4) is 0 Å². The quantitative estimate of drug-likeness (QED) is 0.696. The first-order chi connectivity index (χ1) is 12.9. The largest absolute Gasteiger partial charge is 0.343 e. The Morgan fingerprint density at radius 1 is 1.15 bits per heavy atom. The highest BCUT2D eigenvalue weighted by Crippen LogP contribution is 2.18. The molecule has 0 aliphatic carbocycles. The van der Waals surface area contributed by atoms with E-state index in [1.54, 1.807) is 11.8 Å². The van der Waals surface area contributed by atoms with Crippen LogP contribution in [0.25, 0.3) is 0 Å². The maximum atomic E-state index is 12.7. The first kappa shape index (κ1) is 19.3. The van der Waals surface area contributed by atoms with Crippen molar-refractivity contribution in [2.45, 2.75) is 58.5 Å². The second-order valence-corrected chi connectivity index (χ2v) is 7.50. The van der Waals surface area contributed by atoms with E-state index >= 15 is 0 Å². The van der Waals surface area contributed by atoms with Gasteiger partial charge in [0.15, 0.2) is 5.82 Å². The predicted octanol–water partition coefficient (Wildman–Crippen LogP) is 0.765. The molecule has 1 aromatic heterocycles. The highest BCUT2D eigenvalue weighted by molar-refractivity contribution is 5.94. The van der Waals surface area contributed by atoms with Gasteiger partial charge in [-0.15, -0.1) is 0 Å². The van der Waals surface area contributed by atoms with Gasteiger partial charge < -0.3 is 19.2 Å². The lowest BCUT2D eigenvalue weighted by molar-refractivity contribution is -0.156. The van der Waals surface area contributed by atoms with Crippen LogP contribution in [0.1, 0.15) is 57.7 Å². The van der Waals surface area contributed by atoms with E-state index in [0.717, 1.165) is 13.0 Å². The van der Waals surface area contributed by atoms with Gasteiger partial charge in [-0.2, -0.15) is 4.98 Å². The average Bonchev–Trinajstić information content (AvgIpc) is 3.25. The van der Waals surface area contributed by atoms with Gasteiger partial charge in [0.05, 0.1) is 6.54 Å². The standard InChI is InChI=1S/C18H27N5O4/c1-12(2)17-19-14(27-20-17)10-23-13(3)18(26)22(11-16(23)25)9-5-8-21-7-4-6-15(21)24/h12-13H,4-11H2,1-3H3/t13-/m0/s1. The number of aromatic nitrogens is 2. The topological polar surface area (TPSA) is 99.9 Å². The van der Waals surface area contributed by atoms with Crippen LogP contribution in [0.2, 0.25) is 0 Å². The molecule has 9 heteroatoms. The molecular weight excluding hydrogens is 350 g/mol. The Labute approximate surface area is 158 Å². The minimum absolute atomic E-state index is 0.0439. The SMILES string of the molecule is CC(C)c1noc(CN2C(=O)CN(CCCN3CCCC3=O)C(=O)[C@@H]2C)n1. The summed E-state index contributed by atoms with van der Waals surface area (Å²) in [4.78, 5) is 46.0. The third-order valence-electron chi connectivity index (χ3n) is 5.12. The zero-order valence-electron chi connectivity index (χ0n) is 16.2. The van der Waals surface area contributed by atoms with Gasteiger partial charge in [-0.1, -0.05) is 19.0 Å².